The standard InChI is InChI=1S/C26H32N4O3/c1-15(2)26(7)24(33)28-22(29-26)20-19(13-16(3)14-27-20)21(31)23(32)30(8)18-11-9-17(10-12-18)25(4,5)6/h9-15H,1-8H3,(H,28,29,33). The molecule has 2 heterocycles. The van der Waals surface area contributed by atoms with Crippen LogP contribution < -0.4 is 10.2 Å². The predicted octanol–water partition coefficient (Wildman–Crippen LogP) is 3.82. The highest BCUT2D eigenvalue weighted by molar-refractivity contribution is 6.48. The summed E-state index contributed by atoms with van der Waals surface area (Å²) in [7, 11) is 1.57. The van der Waals surface area contributed by atoms with Crippen molar-refractivity contribution in [2.75, 3.05) is 11.9 Å². The summed E-state index contributed by atoms with van der Waals surface area (Å²) in [6.07, 6.45) is 1.59. The van der Waals surface area contributed by atoms with Gasteiger partial charge in [0.15, 0.2) is 5.84 Å². The molecule has 1 atom stereocenters. The molecule has 7 nitrogen and oxygen atoms in total. The van der Waals surface area contributed by atoms with Crippen molar-refractivity contribution >= 4 is 29.1 Å². The highest BCUT2D eigenvalue weighted by Gasteiger charge is 2.43. The van der Waals surface area contributed by atoms with E-state index < -0.39 is 17.2 Å². The van der Waals surface area contributed by atoms with Gasteiger partial charge in [-0.25, -0.2) is 4.99 Å². The first-order chi connectivity index (χ1) is 15.3. The maximum absolute atomic E-state index is 13.3. The number of benzene rings is 1. The van der Waals surface area contributed by atoms with Crippen molar-refractivity contribution in [1.82, 2.24) is 10.3 Å². The van der Waals surface area contributed by atoms with Crippen LogP contribution in [0.25, 0.3) is 0 Å². The molecule has 1 N–H and O–H groups in total. The zero-order valence-corrected chi connectivity index (χ0v) is 20.6. The number of aryl methyl sites for hydroxylation is 1. The van der Waals surface area contributed by atoms with E-state index in [0.717, 1.165) is 11.1 Å². The lowest BCUT2D eigenvalue weighted by atomic mass is 9.87. The Labute approximate surface area is 195 Å². The quantitative estimate of drug-likeness (QED) is 0.556. The van der Waals surface area contributed by atoms with Crippen LogP contribution in [-0.2, 0) is 15.0 Å². The Balaban J connectivity index is 1.95. The number of amidine groups is 1. The van der Waals surface area contributed by atoms with Crippen LogP contribution in [-0.4, -0.2) is 41.0 Å². The first-order valence-corrected chi connectivity index (χ1v) is 11.1. The fourth-order valence-corrected chi connectivity index (χ4v) is 3.55. The Morgan fingerprint density at radius 1 is 1.12 bits per heavy atom. The fourth-order valence-electron chi connectivity index (χ4n) is 3.55. The van der Waals surface area contributed by atoms with E-state index in [-0.39, 0.29) is 34.3 Å². The average molecular weight is 449 g/mol. The monoisotopic (exact) mass is 448 g/mol. The summed E-state index contributed by atoms with van der Waals surface area (Å²) in [4.78, 5) is 49.2. The van der Waals surface area contributed by atoms with E-state index in [2.05, 4.69) is 36.1 Å². The van der Waals surface area contributed by atoms with Gasteiger partial charge in [0, 0.05) is 18.9 Å². The summed E-state index contributed by atoms with van der Waals surface area (Å²) >= 11 is 0. The zero-order valence-electron chi connectivity index (χ0n) is 20.6. The van der Waals surface area contributed by atoms with Gasteiger partial charge in [-0.1, -0.05) is 46.8 Å². The summed E-state index contributed by atoms with van der Waals surface area (Å²) in [5.41, 5.74) is 1.81. The Bertz CT molecular complexity index is 1140. The van der Waals surface area contributed by atoms with Gasteiger partial charge in [0.05, 0.1) is 5.56 Å². The smallest absolute Gasteiger partial charge is 0.299 e. The number of likely N-dealkylation sites (N-methyl/N-ethyl adjacent to an activating group) is 1. The number of aliphatic imine (C=N–C) groups is 1. The Hall–Kier alpha value is -3.35. The van der Waals surface area contributed by atoms with Crippen molar-refractivity contribution < 1.29 is 14.4 Å². The van der Waals surface area contributed by atoms with Crippen molar-refractivity contribution in [3.8, 4) is 0 Å². The molecule has 0 spiro atoms. The molecule has 1 unspecified atom stereocenters. The minimum absolute atomic E-state index is 0.0179. The number of hydrogen-bond acceptors (Lipinski definition) is 5. The van der Waals surface area contributed by atoms with Gasteiger partial charge in [0.1, 0.15) is 11.2 Å². The number of Topliss-reactive ketones (excluding diaryl/α,β-unsaturated/α-hetero) is 1. The van der Waals surface area contributed by atoms with Crippen LogP contribution in [0.4, 0.5) is 5.69 Å². The second-order valence-electron chi connectivity index (χ2n) is 10.1. The predicted molar refractivity (Wildman–Crippen MR) is 130 cm³/mol. The van der Waals surface area contributed by atoms with E-state index >= 15 is 0 Å². The van der Waals surface area contributed by atoms with Crippen LogP contribution >= 0.6 is 0 Å². The normalized spacial score (nSPS) is 18.2. The summed E-state index contributed by atoms with van der Waals surface area (Å²) in [5, 5.41) is 2.75. The van der Waals surface area contributed by atoms with E-state index in [1.807, 2.05) is 38.1 Å². The Morgan fingerprint density at radius 3 is 2.24 bits per heavy atom. The number of nitrogens with one attached hydrogen (secondary N) is 1. The molecule has 1 aliphatic heterocycles. The molecule has 1 aliphatic rings. The largest absolute Gasteiger partial charge is 0.309 e. The first kappa shape index (κ1) is 24.3. The lowest BCUT2D eigenvalue weighted by Gasteiger charge is -2.22. The minimum atomic E-state index is -0.960. The van der Waals surface area contributed by atoms with Gasteiger partial charge >= 0.3 is 0 Å². The third-order valence-corrected chi connectivity index (χ3v) is 6.27. The Kier molecular flexibility index (Phi) is 6.29. The minimum Gasteiger partial charge on any atom is -0.309 e. The molecule has 0 aliphatic carbocycles. The molecule has 0 fully saturated rings. The summed E-state index contributed by atoms with van der Waals surface area (Å²) in [5.74, 6) is -1.49. The Morgan fingerprint density at radius 2 is 1.73 bits per heavy atom. The number of hydrogen-bond donors (Lipinski definition) is 1. The second-order valence-corrected chi connectivity index (χ2v) is 10.1. The third kappa shape index (κ3) is 4.58. The maximum Gasteiger partial charge on any atom is 0.299 e. The lowest BCUT2D eigenvalue weighted by molar-refractivity contribution is -0.124. The van der Waals surface area contributed by atoms with Crippen molar-refractivity contribution in [2.45, 2.75) is 59.4 Å². The molecule has 1 aromatic heterocycles. The zero-order chi connectivity index (χ0) is 24.7. The van der Waals surface area contributed by atoms with Crippen molar-refractivity contribution in [3.63, 3.8) is 0 Å². The molecular weight excluding hydrogens is 416 g/mol. The molecule has 1 aromatic carbocycles. The van der Waals surface area contributed by atoms with Crippen molar-refractivity contribution in [3.05, 3.63) is 58.9 Å². The van der Waals surface area contributed by atoms with Gasteiger partial charge in [0.2, 0.25) is 0 Å². The van der Waals surface area contributed by atoms with E-state index in [1.165, 1.54) is 4.90 Å². The fraction of sp³-hybridized carbons (Fsp3) is 0.423. The number of amides is 2. The number of anilines is 1. The van der Waals surface area contributed by atoms with Crippen LogP contribution in [0.5, 0.6) is 0 Å². The molecular formula is C26H32N4O3. The summed E-state index contributed by atoms with van der Waals surface area (Å²) in [6.45, 7) is 13.7. The summed E-state index contributed by atoms with van der Waals surface area (Å²) in [6, 6.07) is 9.18. The molecule has 3 rings (SSSR count). The molecule has 0 radical (unpaired) electrons. The van der Waals surface area contributed by atoms with E-state index in [4.69, 9.17) is 0 Å². The molecule has 7 heteroatoms. The number of ketones is 1. The SMILES string of the molecule is Cc1cnc(C2=NC(C)(C(C)C)C(=O)N2)c(C(=O)C(=O)N(C)c2ccc(C(C)(C)C)cc2)c1. The number of pyridine rings is 1. The van der Waals surface area contributed by atoms with E-state index in [0.29, 0.717) is 5.69 Å². The molecule has 174 valence electrons. The lowest BCUT2D eigenvalue weighted by Crippen LogP contribution is -2.41. The van der Waals surface area contributed by atoms with Gasteiger partial charge in [-0.3, -0.25) is 19.4 Å². The van der Waals surface area contributed by atoms with Gasteiger partial charge in [0.25, 0.3) is 17.6 Å². The van der Waals surface area contributed by atoms with E-state index in [9.17, 15) is 14.4 Å². The van der Waals surface area contributed by atoms with Crippen LogP contribution in [0, 0.1) is 12.8 Å². The van der Waals surface area contributed by atoms with Crippen LogP contribution in [0.2, 0.25) is 0 Å². The highest BCUT2D eigenvalue weighted by Crippen LogP contribution is 2.28. The number of aromatic nitrogens is 1. The van der Waals surface area contributed by atoms with Gasteiger partial charge in [-0.05, 0) is 54.5 Å². The number of nitrogens with zero attached hydrogens (tertiary/aromatic N) is 3. The molecule has 0 saturated carbocycles. The van der Waals surface area contributed by atoms with Crippen molar-refractivity contribution in [1.29, 1.82) is 0 Å². The van der Waals surface area contributed by atoms with Crippen LogP contribution in [0.1, 0.15) is 68.7 Å². The molecule has 2 aromatic rings. The maximum atomic E-state index is 13.3. The number of rotatable bonds is 5. The van der Waals surface area contributed by atoms with Crippen LogP contribution in [0.15, 0.2) is 41.5 Å². The molecule has 0 bridgehead atoms. The molecule has 2 amide bonds. The van der Waals surface area contributed by atoms with Gasteiger partial charge in [-0.2, -0.15) is 0 Å². The van der Waals surface area contributed by atoms with Crippen molar-refractivity contribution in [2.24, 2.45) is 10.9 Å². The second kappa shape index (κ2) is 8.54. The average Bonchev–Trinajstić information content (AvgIpc) is 3.07. The molecule has 0 saturated heterocycles. The van der Waals surface area contributed by atoms with E-state index in [1.54, 1.807) is 33.2 Å². The van der Waals surface area contributed by atoms with Gasteiger partial charge in [-0.15, -0.1) is 0 Å². The van der Waals surface area contributed by atoms with Crippen LogP contribution in [0.3, 0.4) is 0 Å². The van der Waals surface area contributed by atoms with Gasteiger partial charge < -0.3 is 10.2 Å². The topological polar surface area (TPSA) is 91.7 Å². The first-order valence-electron chi connectivity index (χ1n) is 11.1. The number of carbonyl (C=O) groups excluding carboxylic acids is 3. The molecule has 33 heavy (non-hydrogen) atoms. The third-order valence-electron chi connectivity index (χ3n) is 6.27. The highest BCUT2D eigenvalue weighted by atomic mass is 16.2. The summed E-state index contributed by atoms with van der Waals surface area (Å²) < 4.78 is 0. The number of carbonyl (C=O) groups is 3.